The Morgan fingerprint density at radius 2 is 1.77 bits per heavy atom. The topological polar surface area (TPSA) is 77.3 Å². The van der Waals surface area contributed by atoms with Crippen LogP contribution in [0.5, 0.6) is 5.75 Å². The zero-order valence-electron chi connectivity index (χ0n) is 16.6. The van der Waals surface area contributed by atoms with Gasteiger partial charge in [-0.1, -0.05) is 41.0 Å². The second-order valence-corrected chi connectivity index (χ2v) is 7.01. The van der Waals surface area contributed by atoms with Crippen LogP contribution in [0, 0.1) is 0 Å². The molecule has 0 bridgehead atoms. The number of carbonyl (C=O) groups excluding carboxylic acids is 1. The average Bonchev–Trinajstić information content (AvgIpc) is 3.29. The highest BCUT2D eigenvalue weighted by Crippen LogP contribution is 2.29. The Hall–Kier alpha value is -3.90. The second kappa shape index (κ2) is 9.28. The van der Waals surface area contributed by atoms with Gasteiger partial charge in [-0.2, -0.15) is 4.98 Å². The Kier molecular flexibility index (Phi) is 6.10. The van der Waals surface area contributed by atoms with E-state index in [1.807, 2.05) is 54.6 Å². The van der Waals surface area contributed by atoms with Crippen molar-refractivity contribution in [1.82, 2.24) is 10.1 Å². The highest BCUT2D eigenvalue weighted by Gasteiger charge is 2.15. The zero-order valence-corrected chi connectivity index (χ0v) is 17.3. The van der Waals surface area contributed by atoms with Crippen molar-refractivity contribution in [1.29, 1.82) is 0 Å². The molecule has 1 heterocycles. The first kappa shape index (κ1) is 20.4. The van der Waals surface area contributed by atoms with E-state index >= 15 is 0 Å². The van der Waals surface area contributed by atoms with Crippen molar-refractivity contribution in [2.45, 2.75) is 0 Å². The number of para-hydroxylation sites is 1. The van der Waals surface area contributed by atoms with Crippen molar-refractivity contribution in [3.63, 3.8) is 0 Å². The van der Waals surface area contributed by atoms with E-state index in [-0.39, 0.29) is 5.91 Å². The minimum atomic E-state index is -0.280. The fraction of sp³-hybridized carbons (Fsp3) is 0.0417. The lowest BCUT2D eigenvalue weighted by Gasteiger charge is -2.06. The van der Waals surface area contributed by atoms with E-state index in [0.717, 1.165) is 16.9 Å². The van der Waals surface area contributed by atoms with Crippen molar-refractivity contribution in [3.05, 3.63) is 89.5 Å². The summed E-state index contributed by atoms with van der Waals surface area (Å²) in [5.41, 5.74) is 2.86. The standard InChI is InChI=1S/C24H18ClN3O3/c1-30-19-13-9-17(10-14-19)23-27-24(31-28-23)20-4-2-3-5-21(20)26-22(29)15-8-16-6-11-18(25)12-7-16/h2-15H,1H3,(H,26,29)/b15-8+. The van der Waals surface area contributed by atoms with Gasteiger partial charge >= 0.3 is 0 Å². The Morgan fingerprint density at radius 3 is 2.52 bits per heavy atom. The largest absolute Gasteiger partial charge is 0.497 e. The van der Waals surface area contributed by atoms with E-state index in [1.165, 1.54) is 6.08 Å². The van der Waals surface area contributed by atoms with Gasteiger partial charge < -0.3 is 14.6 Å². The predicted octanol–water partition coefficient (Wildman–Crippen LogP) is 5.72. The van der Waals surface area contributed by atoms with Crippen LogP contribution in [0.3, 0.4) is 0 Å². The lowest BCUT2D eigenvalue weighted by molar-refractivity contribution is -0.111. The molecule has 0 spiro atoms. The molecule has 0 unspecified atom stereocenters. The molecule has 1 amide bonds. The van der Waals surface area contributed by atoms with Gasteiger partial charge in [0.25, 0.3) is 5.89 Å². The third-order valence-corrected chi connectivity index (χ3v) is 4.74. The minimum absolute atomic E-state index is 0.280. The number of nitrogens with one attached hydrogen (secondary N) is 1. The molecule has 154 valence electrons. The number of ether oxygens (including phenoxy) is 1. The monoisotopic (exact) mass is 431 g/mol. The number of carbonyl (C=O) groups is 1. The quantitative estimate of drug-likeness (QED) is 0.395. The molecule has 0 atom stereocenters. The first-order valence-corrected chi connectivity index (χ1v) is 9.82. The number of hydrogen-bond acceptors (Lipinski definition) is 5. The molecule has 3 aromatic carbocycles. The van der Waals surface area contributed by atoms with Crippen LogP contribution in [0.15, 0.2) is 83.4 Å². The van der Waals surface area contributed by atoms with Crippen molar-refractivity contribution >= 4 is 29.3 Å². The number of anilines is 1. The number of nitrogens with zero attached hydrogens (tertiary/aromatic N) is 2. The predicted molar refractivity (Wildman–Crippen MR) is 121 cm³/mol. The van der Waals surface area contributed by atoms with Crippen LogP contribution in [0.25, 0.3) is 28.9 Å². The fourth-order valence-electron chi connectivity index (χ4n) is 2.89. The molecule has 0 saturated heterocycles. The van der Waals surface area contributed by atoms with Crippen molar-refractivity contribution in [2.24, 2.45) is 0 Å². The van der Waals surface area contributed by atoms with Gasteiger partial charge in [0.15, 0.2) is 0 Å². The van der Waals surface area contributed by atoms with Gasteiger partial charge in [-0.25, -0.2) is 0 Å². The van der Waals surface area contributed by atoms with Gasteiger partial charge in [-0.3, -0.25) is 4.79 Å². The molecular weight excluding hydrogens is 414 g/mol. The van der Waals surface area contributed by atoms with Crippen LogP contribution in [0.4, 0.5) is 5.69 Å². The highest BCUT2D eigenvalue weighted by molar-refractivity contribution is 6.30. The average molecular weight is 432 g/mol. The van der Waals surface area contributed by atoms with Crippen LogP contribution in [0.1, 0.15) is 5.56 Å². The minimum Gasteiger partial charge on any atom is -0.497 e. The molecule has 1 N–H and O–H groups in total. The van der Waals surface area contributed by atoms with Crippen LogP contribution in [0.2, 0.25) is 5.02 Å². The smallest absolute Gasteiger partial charge is 0.260 e. The third-order valence-electron chi connectivity index (χ3n) is 4.49. The van der Waals surface area contributed by atoms with Gasteiger partial charge in [0.2, 0.25) is 11.7 Å². The molecule has 7 heteroatoms. The van der Waals surface area contributed by atoms with Crippen molar-refractivity contribution in [2.75, 3.05) is 12.4 Å². The first-order valence-electron chi connectivity index (χ1n) is 9.44. The van der Waals surface area contributed by atoms with Crippen LogP contribution in [-0.2, 0) is 4.79 Å². The number of methoxy groups -OCH3 is 1. The summed E-state index contributed by atoms with van der Waals surface area (Å²) in [6.45, 7) is 0. The molecule has 0 aliphatic rings. The van der Waals surface area contributed by atoms with Crippen molar-refractivity contribution < 1.29 is 14.1 Å². The number of benzene rings is 3. The maximum Gasteiger partial charge on any atom is 0.260 e. The van der Waals surface area contributed by atoms with Crippen LogP contribution >= 0.6 is 11.6 Å². The Balaban J connectivity index is 1.52. The summed E-state index contributed by atoms with van der Waals surface area (Å²) in [5.74, 6) is 1.22. The van der Waals surface area contributed by atoms with Gasteiger partial charge in [-0.05, 0) is 60.2 Å². The molecule has 1 aromatic heterocycles. The van der Waals surface area contributed by atoms with E-state index < -0.39 is 0 Å². The molecule has 4 rings (SSSR count). The van der Waals surface area contributed by atoms with Gasteiger partial charge in [-0.15, -0.1) is 0 Å². The summed E-state index contributed by atoms with van der Waals surface area (Å²) in [5, 5.41) is 7.56. The molecule has 6 nitrogen and oxygen atoms in total. The number of aromatic nitrogens is 2. The molecule has 0 aliphatic heterocycles. The summed E-state index contributed by atoms with van der Waals surface area (Å²) in [6, 6.07) is 21.8. The fourth-order valence-corrected chi connectivity index (χ4v) is 3.02. The normalized spacial score (nSPS) is 10.9. The lowest BCUT2D eigenvalue weighted by atomic mass is 10.1. The van der Waals surface area contributed by atoms with Crippen molar-refractivity contribution in [3.8, 4) is 28.6 Å². The Morgan fingerprint density at radius 1 is 1.03 bits per heavy atom. The van der Waals surface area contributed by atoms with E-state index in [1.54, 1.807) is 31.4 Å². The number of rotatable bonds is 6. The van der Waals surface area contributed by atoms with Crippen LogP contribution < -0.4 is 10.1 Å². The van der Waals surface area contributed by atoms with E-state index in [9.17, 15) is 4.79 Å². The zero-order chi connectivity index (χ0) is 21.6. The summed E-state index contributed by atoms with van der Waals surface area (Å²) >= 11 is 5.88. The van der Waals surface area contributed by atoms with E-state index in [0.29, 0.717) is 28.0 Å². The maximum absolute atomic E-state index is 12.4. The lowest BCUT2D eigenvalue weighted by Crippen LogP contribution is -2.08. The third kappa shape index (κ3) is 4.99. The van der Waals surface area contributed by atoms with Gasteiger partial charge in [0.1, 0.15) is 5.75 Å². The summed E-state index contributed by atoms with van der Waals surface area (Å²) in [6.07, 6.45) is 3.17. The summed E-state index contributed by atoms with van der Waals surface area (Å²) in [7, 11) is 1.61. The van der Waals surface area contributed by atoms with E-state index in [4.69, 9.17) is 20.9 Å². The highest BCUT2D eigenvalue weighted by atomic mass is 35.5. The van der Waals surface area contributed by atoms with Gasteiger partial charge in [0.05, 0.1) is 18.4 Å². The Bertz CT molecular complexity index is 1220. The number of amides is 1. The summed E-state index contributed by atoms with van der Waals surface area (Å²) < 4.78 is 10.6. The molecule has 31 heavy (non-hydrogen) atoms. The van der Waals surface area contributed by atoms with Crippen LogP contribution in [-0.4, -0.2) is 23.2 Å². The number of hydrogen-bond donors (Lipinski definition) is 1. The SMILES string of the molecule is COc1ccc(-c2noc(-c3ccccc3NC(=O)/C=C/c3ccc(Cl)cc3)n2)cc1. The maximum atomic E-state index is 12.4. The molecule has 4 aromatic rings. The first-order chi connectivity index (χ1) is 15.1. The Labute approximate surface area is 184 Å². The molecule has 0 aliphatic carbocycles. The van der Waals surface area contributed by atoms with E-state index in [2.05, 4.69) is 15.5 Å². The molecule has 0 radical (unpaired) electrons. The molecule has 0 fully saturated rings. The molecule has 0 saturated carbocycles. The molecular formula is C24H18ClN3O3. The summed E-state index contributed by atoms with van der Waals surface area (Å²) in [4.78, 5) is 16.9. The second-order valence-electron chi connectivity index (χ2n) is 6.57. The van der Waals surface area contributed by atoms with Gasteiger partial charge in [0, 0.05) is 16.7 Å². The number of halogens is 1.